The minimum Gasteiger partial charge on any atom is -0.489 e. The number of hydrogen-bond acceptors (Lipinski definition) is 4. The van der Waals surface area contributed by atoms with E-state index in [4.69, 9.17) is 32.0 Å². The molecule has 6 heteroatoms. The second kappa shape index (κ2) is 5.73. The molecule has 21 heavy (non-hydrogen) atoms. The van der Waals surface area contributed by atoms with Crippen LogP contribution in [0.2, 0.25) is 5.02 Å². The molecular formula is C15H19ClN2O3. The van der Waals surface area contributed by atoms with E-state index in [1.54, 1.807) is 18.2 Å². The summed E-state index contributed by atoms with van der Waals surface area (Å²) in [6, 6.07) is 5.14. The molecule has 0 amide bonds. The summed E-state index contributed by atoms with van der Waals surface area (Å²) in [5.74, 6) is 0.662. The normalized spacial score (nSPS) is 24.6. The number of nitrogens with two attached hydrogens (primary N) is 1. The van der Waals surface area contributed by atoms with Crippen molar-refractivity contribution in [1.82, 2.24) is 0 Å². The van der Waals surface area contributed by atoms with Crippen molar-refractivity contribution in [3.63, 3.8) is 0 Å². The number of rotatable bonds is 3. The van der Waals surface area contributed by atoms with Crippen LogP contribution >= 0.6 is 11.6 Å². The Morgan fingerprint density at radius 2 is 2.29 bits per heavy atom. The van der Waals surface area contributed by atoms with E-state index in [0.717, 1.165) is 32.3 Å². The van der Waals surface area contributed by atoms with Gasteiger partial charge >= 0.3 is 0 Å². The van der Waals surface area contributed by atoms with Crippen molar-refractivity contribution in [1.29, 1.82) is 0 Å². The molecule has 0 radical (unpaired) electrons. The van der Waals surface area contributed by atoms with Gasteiger partial charge in [0, 0.05) is 18.4 Å². The first kappa shape index (κ1) is 14.5. The first-order chi connectivity index (χ1) is 10.1. The lowest BCUT2D eigenvalue weighted by Crippen LogP contribution is -2.48. The molecule has 0 bridgehead atoms. The molecule has 114 valence electrons. The third-order valence-corrected chi connectivity index (χ3v) is 4.64. The molecule has 3 N–H and O–H groups in total. The molecule has 5 nitrogen and oxygen atoms in total. The van der Waals surface area contributed by atoms with E-state index in [0.29, 0.717) is 16.3 Å². The third kappa shape index (κ3) is 2.94. The average Bonchev–Trinajstić information content (AvgIpc) is 2.47. The molecule has 1 saturated carbocycles. The summed E-state index contributed by atoms with van der Waals surface area (Å²) >= 11 is 6.22. The molecule has 1 aromatic carbocycles. The summed E-state index contributed by atoms with van der Waals surface area (Å²) in [6.45, 7) is 0.741. The van der Waals surface area contributed by atoms with Gasteiger partial charge in [0.05, 0.1) is 17.2 Å². The van der Waals surface area contributed by atoms with Gasteiger partial charge in [-0.15, -0.1) is 0 Å². The van der Waals surface area contributed by atoms with E-state index in [9.17, 15) is 0 Å². The molecule has 1 spiro atoms. The standard InChI is InChI=1S/C15H19ClN2O3/c16-12-8-10(14(17)18-19)2-3-13(12)21-11-4-7-20-15(9-11)5-1-6-15/h2-3,8,11,19H,1,4-7,9H2,(H2,17,18). The maximum atomic E-state index is 8.68. The van der Waals surface area contributed by atoms with Crippen LogP contribution in [0.25, 0.3) is 0 Å². The van der Waals surface area contributed by atoms with Crippen molar-refractivity contribution < 1.29 is 14.7 Å². The molecule has 3 rings (SSSR count). The van der Waals surface area contributed by atoms with Crippen molar-refractivity contribution >= 4 is 17.4 Å². The molecular weight excluding hydrogens is 292 g/mol. The molecule has 1 unspecified atom stereocenters. The second-order valence-electron chi connectivity index (χ2n) is 5.75. The Bertz CT molecular complexity index is 558. The van der Waals surface area contributed by atoms with Crippen LogP contribution in [0.3, 0.4) is 0 Å². The van der Waals surface area contributed by atoms with Gasteiger partial charge in [0.1, 0.15) is 11.9 Å². The van der Waals surface area contributed by atoms with E-state index >= 15 is 0 Å². The lowest BCUT2D eigenvalue weighted by Gasteiger charge is -2.46. The van der Waals surface area contributed by atoms with Crippen LogP contribution in [0, 0.1) is 0 Å². The van der Waals surface area contributed by atoms with Crippen LogP contribution in [0.5, 0.6) is 5.75 Å². The minimum atomic E-state index is 0.0305. The first-order valence-electron chi connectivity index (χ1n) is 7.20. The number of benzene rings is 1. The van der Waals surface area contributed by atoms with Gasteiger partial charge in [0.25, 0.3) is 0 Å². The highest BCUT2D eigenvalue weighted by atomic mass is 35.5. The lowest BCUT2D eigenvalue weighted by atomic mass is 9.74. The zero-order valence-corrected chi connectivity index (χ0v) is 12.5. The number of halogens is 1. The largest absolute Gasteiger partial charge is 0.489 e. The molecule has 1 aromatic rings. The fourth-order valence-corrected chi connectivity index (χ4v) is 3.22. The van der Waals surface area contributed by atoms with E-state index in [-0.39, 0.29) is 17.5 Å². The Hall–Kier alpha value is -1.46. The molecule has 1 aliphatic carbocycles. The van der Waals surface area contributed by atoms with Gasteiger partial charge in [-0.05, 0) is 37.5 Å². The summed E-state index contributed by atoms with van der Waals surface area (Å²) in [7, 11) is 0. The maximum absolute atomic E-state index is 8.68. The zero-order chi connectivity index (χ0) is 14.9. The van der Waals surface area contributed by atoms with Crippen molar-refractivity contribution in [3.8, 4) is 5.75 Å². The van der Waals surface area contributed by atoms with Crippen LogP contribution in [0.15, 0.2) is 23.4 Å². The molecule has 1 heterocycles. The zero-order valence-electron chi connectivity index (χ0n) is 11.7. The quantitative estimate of drug-likeness (QED) is 0.389. The van der Waals surface area contributed by atoms with Crippen LogP contribution < -0.4 is 10.5 Å². The Morgan fingerprint density at radius 1 is 1.48 bits per heavy atom. The SMILES string of the molecule is N/C(=N/O)c1ccc(OC2CCOC3(CCC3)C2)c(Cl)c1. The lowest BCUT2D eigenvalue weighted by molar-refractivity contribution is -0.153. The van der Waals surface area contributed by atoms with Crippen molar-refractivity contribution in [2.75, 3.05) is 6.61 Å². The van der Waals surface area contributed by atoms with Gasteiger partial charge in [-0.1, -0.05) is 16.8 Å². The fourth-order valence-electron chi connectivity index (χ4n) is 3.00. The van der Waals surface area contributed by atoms with Crippen molar-refractivity contribution in [2.45, 2.75) is 43.8 Å². The third-order valence-electron chi connectivity index (χ3n) is 4.34. The predicted molar refractivity (Wildman–Crippen MR) is 80.1 cm³/mol. The first-order valence-corrected chi connectivity index (χ1v) is 7.58. The van der Waals surface area contributed by atoms with E-state index in [2.05, 4.69) is 5.16 Å². The fraction of sp³-hybridized carbons (Fsp3) is 0.533. The summed E-state index contributed by atoms with van der Waals surface area (Å²) in [4.78, 5) is 0. The predicted octanol–water partition coefficient (Wildman–Crippen LogP) is 2.92. The summed E-state index contributed by atoms with van der Waals surface area (Å²) < 4.78 is 11.9. The smallest absolute Gasteiger partial charge is 0.170 e. The van der Waals surface area contributed by atoms with E-state index in [1.165, 1.54) is 6.42 Å². The van der Waals surface area contributed by atoms with E-state index in [1.807, 2.05) is 0 Å². The molecule has 1 aliphatic heterocycles. The number of ether oxygens (including phenoxy) is 2. The number of hydrogen-bond donors (Lipinski definition) is 2. The average molecular weight is 311 g/mol. The molecule has 2 fully saturated rings. The van der Waals surface area contributed by atoms with Crippen LogP contribution in [-0.2, 0) is 4.74 Å². The summed E-state index contributed by atoms with van der Waals surface area (Å²) in [5, 5.41) is 12.1. The Balaban J connectivity index is 1.70. The summed E-state index contributed by atoms with van der Waals surface area (Å²) in [6.07, 6.45) is 5.42. The summed E-state index contributed by atoms with van der Waals surface area (Å²) in [5.41, 5.74) is 6.15. The van der Waals surface area contributed by atoms with Crippen LogP contribution in [0.1, 0.15) is 37.7 Å². The van der Waals surface area contributed by atoms with Gasteiger partial charge < -0.3 is 20.4 Å². The van der Waals surface area contributed by atoms with Crippen LogP contribution in [0.4, 0.5) is 0 Å². The van der Waals surface area contributed by atoms with Gasteiger partial charge in [-0.3, -0.25) is 0 Å². The maximum Gasteiger partial charge on any atom is 0.170 e. The highest BCUT2D eigenvalue weighted by molar-refractivity contribution is 6.32. The number of amidine groups is 1. The van der Waals surface area contributed by atoms with Crippen molar-refractivity contribution in [3.05, 3.63) is 28.8 Å². The molecule has 1 saturated heterocycles. The molecule has 2 aliphatic rings. The second-order valence-corrected chi connectivity index (χ2v) is 6.16. The Kier molecular flexibility index (Phi) is 3.95. The Morgan fingerprint density at radius 3 is 2.90 bits per heavy atom. The highest BCUT2D eigenvalue weighted by Gasteiger charge is 2.43. The van der Waals surface area contributed by atoms with Crippen molar-refractivity contribution in [2.24, 2.45) is 10.9 Å². The molecule has 1 atom stereocenters. The van der Waals surface area contributed by atoms with E-state index < -0.39 is 0 Å². The topological polar surface area (TPSA) is 77.1 Å². The van der Waals surface area contributed by atoms with Gasteiger partial charge in [-0.25, -0.2) is 0 Å². The highest BCUT2D eigenvalue weighted by Crippen LogP contribution is 2.43. The number of nitrogens with zero attached hydrogens (tertiary/aromatic N) is 1. The monoisotopic (exact) mass is 310 g/mol. The van der Waals surface area contributed by atoms with Crippen LogP contribution in [-0.4, -0.2) is 29.4 Å². The van der Waals surface area contributed by atoms with Gasteiger partial charge in [0.2, 0.25) is 0 Å². The Labute approximate surface area is 128 Å². The number of oxime groups is 1. The van der Waals surface area contributed by atoms with Gasteiger partial charge in [-0.2, -0.15) is 0 Å². The molecule has 0 aromatic heterocycles. The minimum absolute atomic E-state index is 0.0305. The van der Waals surface area contributed by atoms with Gasteiger partial charge in [0.15, 0.2) is 5.84 Å².